The van der Waals surface area contributed by atoms with E-state index in [-0.39, 0.29) is 144 Å². The Balaban J connectivity index is 0.000000665. The summed E-state index contributed by atoms with van der Waals surface area (Å²) in [6, 6.07) is 0. The maximum Gasteiger partial charge on any atom is 1.00 e. The van der Waals surface area contributed by atoms with Crippen LogP contribution in [0.25, 0.3) is 0 Å². The molecule has 2 fully saturated rings. The minimum Gasteiger partial charge on any atom is -0.652 e. The van der Waals surface area contributed by atoms with E-state index in [1.54, 1.807) is 6.26 Å². The molecule has 1 aromatic rings. The molecule has 2 saturated carbocycles. The van der Waals surface area contributed by atoms with Crippen molar-refractivity contribution in [1.29, 1.82) is 0 Å². The molecule has 3 rings (SSSR count). The number of ether oxygens (including phenoxy) is 1. The van der Waals surface area contributed by atoms with E-state index in [1.165, 1.54) is 0 Å². The first kappa shape index (κ1) is 24.1. The molecule has 0 radical (unpaired) electrons. The van der Waals surface area contributed by atoms with Gasteiger partial charge in [0.2, 0.25) is 0 Å². The van der Waals surface area contributed by atoms with E-state index in [1.807, 2.05) is 6.92 Å². The zero-order valence-electron chi connectivity index (χ0n) is 13.1. The van der Waals surface area contributed by atoms with Crippen LogP contribution < -0.4 is 148 Å². The molecule has 0 spiro atoms. The third kappa shape index (κ3) is 6.75. The number of hydrogen-bond acceptors (Lipinski definition) is 7. The molecule has 1 heterocycles. The van der Waals surface area contributed by atoms with E-state index in [0.29, 0.717) is 12.5 Å². The van der Waals surface area contributed by atoms with Gasteiger partial charge in [0, 0.05) is 5.92 Å². The van der Waals surface area contributed by atoms with Gasteiger partial charge in [0.05, 0.1) is 12.3 Å². The zero-order chi connectivity index (χ0) is 14.8. The Morgan fingerprint density at radius 1 is 1.36 bits per heavy atom. The molecule has 1 aromatic heterocycles. The molecule has 2 aliphatic rings. The number of rotatable bonds is 4. The molecule has 0 N–H and O–H groups in total. The fourth-order valence-corrected chi connectivity index (χ4v) is 1.98. The summed E-state index contributed by atoms with van der Waals surface area (Å²) in [5.41, 5.74) is 0.292. The fraction of sp³-hybridized carbons (Fsp3) is 0.615. The van der Waals surface area contributed by atoms with Gasteiger partial charge in [-0.15, -0.1) is 0 Å². The zero-order valence-corrected chi connectivity index (χ0v) is 25.6. The van der Waals surface area contributed by atoms with Crippen molar-refractivity contribution in [2.75, 3.05) is 6.61 Å². The topological polar surface area (TPSA) is 116 Å². The Bertz CT molecular complexity index is 506. The van der Waals surface area contributed by atoms with Crippen LogP contribution in [0.5, 0.6) is 0 Å². The molecule has 2 aliphatic carbocycles. The fourth-order valence-electron chi connectivity index (χ4n) is 1.98. The summed E-state index contributed by atoms with van der Waals surface area (Å²) in [4.78, 5) is 24.6. The minimum atomic E-state index is -2.33. The second kappa shape index (κ2) is 10.9. The molecule has 0 aromatic carbocycles. The number of carbonyl (C=O) groups is 2. The minimum absolute atomic E-state index is 0. The van der Waals surface area contributed by atoms with E-state index in [9.17, 15) is 4.79 Å². The van der Waals surface area contributed by atoms with E-state index >= 15 is 0 Å². The maximum absolute atomic E-state index is 11.8. The quantitative estimate of drug-likeness (QED) is 0.345. The van der Waals surface area contributed by atoms with Gasteiger partial charge in [-0.1, -0.05) is 0 Å². The first-order valence-corrected chi connectivity index (χ1v) is 6.50. The van der Waals surface area contributed by atoms with E-state index in [0.717, 1.165) is 37.3 Å². The molecule has 22 heavy (non-hydrogen) atoms. The largest absolute Gasteiger partial charge is 1.00 e. The van der Waals surface area contributed by atoms with Crippen molar-refractivity contribution in [3.05, 3.63) is 17.8 Å². The standard InChI is InChI=1S/C12H15NO3.CH2O3.2Cs/c1-2-15-11(14)12(5-6-12)9-7-16-10(13-9)8-3-4-8;2-1(3)4;;/h7-8H,2-6H2,1H3;(H2,2,3,4);;/q;;2*+1/p-2. The normalized spacial score (nSPS) is 17.0. The molecular weight excluding hydrogens is 532 g/mol. The third-order valence-electron chi connectivity index (χ3n) is 3.36. The van der Waals surface area contributed by atoms with Crippen molar-refractivity contribution in [3.8, 4) is 0 Å². The summed E-state index contributed by atoms with van der Waals surface area (Å²) in [5, 5.41) is 16.7. The predicted octanol–water partition coefficient (Wildman–Crippen LogP) is -6.29. The number of nitrogens with zero attached hydrogens (tertiary/aromatic N) is 1. The molecule has 110 valence electrons. The van der Waals surface area contributed by atoms with Crippen LogP contribution in [0.3, 0.4) is 0 Å². The Labute approximate surface area is 246 Å². The van der Waals surface area contributed by atoms with Gasteiger partial charge in [-0.3, -0.25) is 4.79 Å². The summed E-state index contributed by atoms with van der Waals surface area (Å²) in [6.45, 7) is 2.25. The van der Waals surface area contributed by atoms with Crippen molar-refractivity contribution in [3.63, 3.8) is 0 Å². The molecule has 0 aliphatic heterocycles. The van der Waals surface area contributed by atoms with Gasteiger partial charge < -0.3 is 24.2 Å². The predicted molar refractivity (Wildman–Crippen MR) is 61.4 cm³/mol. The summed E-state index contributed by atoms with van der Waals surface area (Å²) in [5.74, 6) is 1.14. The Morgan fingerprint density at radius 3 is 2.32 bits per heavy atom. The van der Waals surface area contributed by atoms with Gasteiger partial charge in [0.25, 0.3) is 0 Å². The van der Waals surface area contributed by atoms with Gasteiger partial charge in [0.1, 0.15) is 11.7 Å². The van der Waals surface area contributed by atoms with Gasteiger partial charge in [-0.05, 0) is 38.8 Å². The molecular formula is C13H15Cs2NO6. The summed E-state index contributed by atoms with van der Waals surface area (Å²) >= 11 is 0. The molecule has 0 amide bonds. The number of oxazole rings is 1. The molecule has 0 saturated heterocycles. The van der Waals surface area contributed by atoms with Crippen LogP contribution in [0.1, 0.15) is 50.1 Å². The Morgan fingerprint density at radius 2 is 1.91 bits per heavy atom. The average molecular weight is 547 g/mol. The van der Waals surface area contributed by atoms with Crippen LogP contribution in [0.2, 0.25) is 0 Å². The van der Waals surface area contributed by atoms with Crippen LogP contribution >= 0.6 is 0 Å². The van der Waals surface area contributed by atoms with Crippen molar-refractivity contribution in [2.24, 2.45) is 0 Å². The van der Waals surface area contributed by atoms with Gasteiger partial charge in [-0.2, -0.15) is 0 Å². The van der Waals surface area contributed by atoms with Crippen molar-refractivity contribution in [2.45, 2.75) is 43.9 Å². The van der Waals surface area contributed by atoms with Crippen LogP contribution in [0, 0.1) is 0 Å². The van der Waals surface area contributed by atoms with Gasteiger partial charge >= 0.3 is 144 Å². The Hall–Kier alpha value is 2.05. The molecule has 0 unspecified atom stereocenters. The molecule has 7 nitrogen and oxygen atoms in total. The van der Waals surface area contributed by atoms with Gasteiger partial charge in [0.15, 0.2) is 5.89 Å². The van der Waals surface area contributed by atoms with E-state index in [4.69, 9.17) is 24.2 Å². The van der Waals surface area contributed by atoms with E-state index in [2.05, 4.69) is 4.98 Å². The molecule has 0 bridgehead atoms. The van der Waals surface area contributed by atoms with Crippen molar-refractivity contribution in [1.82, 2.24) is 4.98 Å². The Kier molecular flexibility index (Phi) is 11.9. The second-order valence-corrected chi connectivity index (χ2v) is 4.90. The average Bonchev–Trinajstić information content (AvgIpc) is 3.29. The molecule has 9 heteroatoms. The third-order valence-corrected chi connectivity index (χ3v) is 3.36. The number of carbonyl (C=O) groups excluding carboxylic acids is 2. The van der Waals surface area contributed by atoms with Crippen LogP contribution in [0.4, 0.5) is 4.79 Å². The molecule has 0 atom stereocenters. The van der Waals surface area contributed by atoms with Crippen molar-refractivity contribution >= 4 is 12.1 Å². The maximum atomic E-state index is 11.8. The first-order valence-electron chi connectivity index (χ1n) is 6.50. The van der Waals surface area contributed by atoms with Crippen LogP contribution in [0.15, 0.2) is 10.7 Å². The summed E-state index contributed by atoms with van der Waals surface area (Å²) in [7, 11) is 0. The monoisotopic (exact) mass is 547 g/mol. The smallest absolute Gasteiger partial charge is 0.652 e. The van der Waals surface area contributed by atoms with Gasteiger partial charge in [-0.25, -0.2) is 4.98 Å². The van der Waals surface area contributed by atoms with Crippen LogP contribution in [-0.2, 0) is 14.9 Å². The number of aromatic nitrogens is 1. The van der Waals surface area contributed by atoms with Crippen LogP contribution in [-0.4, -0.2) is 23.7 Å². The summed E-state index contributed by atoms with van der Waals surface area (Å²) < 4.78 is 10.5. The SMILES string of the molecule is CCOC(=O)C1(c2coc(C3CC3)n2)CC1.O=C([O-])[O-].[Cs+].[Cs+]. The second-order valence-electron chi connectivity index (χ2n) is 4.90. The van der Waals surface area contributed by atoms with Crippen molar-refractivity contribution < 1.29 is 167 Å². The van der Waals surface area contributed by atoms with E-state index < -0.39 is 11.6 Å². The number of carboxylic acid groups (broad SMARTS) is 2. The summed E-state index contributed by atoms with van der Waals surface area (Å²) in [6.07, 6.45) is 3.29. The number of esters is 1. The first-order chi connectivity index (χ1) is 9.49. The number of hydrogen-bond donors (Lipinski definition) is 0.